The molecule has 0 aliphatic heterocycles. The average molecular weight is 260 g/mol. The summed E-state index contributed by atoms with van der Waals surface area (Å²) < 4.78 is 13.5. The normalized spacial score (nSPS) is 10.3. The molecule has 0 radical (unpaired) electrons. The van der Waals surface area contributed by atoms with Crippen LogP contribution in [0.2, 0.25) is 0 Å². The Morgan fingerprint density at radius 1 is 1.16 bits per heavy atom. The molecule has 0 fully saturated rings. The smallest absolute Gasteiger partial charge is 0.224 e. The van der Waals surface area contributed by atoms with Gasteiger partial charge in [-0.25, -0.2) is 9.37 Å². The first-order valence-corrected chi connectivity index (χ1v) is 6.26. The summed E-state index contributed by atoms with van der Waals surface area (Å²) in [5.74, 6) is 1.05. The van der Waals surface area contributed by atoms with Gasteiger partial charge in [0.1, 0.15) is 11.6 Å². The Bertz CT molecular complexity index is 557. The number of anilines is 2. The molecule has 1 heterocycles. The second-order valence-corrected chi connectivity index (χ2v) is 4.19. The monoisotopic (exact) mass is 260 g/mol. The summed E-state index contributed by atoms with van der Waals surface area (Å²) in [6, 6.07) is 8.53. The van der Waals surface area contributed by atoms with Gasteiger partial charge in [0.2, 0.25) is 5.95 Å². The van der Waals surface area contributed by atoms with Gasteiger partial charge in [-0.3, -0.25) is 0 Å². The first-order valence-electron chi connectivity index (χ1n) is 6.26. The number of nitrogens with one attached hydrogen (secondary N) is 2. The summed E-state index contributed by atoms with van der Waals surface area (Å²) in [4.78, 5) is 8.57. The summed E-state index contributed by atoms with van der Waals surface area (Å²) in [5.41, 5.74) is 1.48. The van der Waals surface area contributed by atoms with Crippen LogP contribution < -0.4 is 10.6 Å². The SMILES string of the molecule is CCNc1nc(C)cc(NCc2ccccc2F)n1. The largest absolute Gasteiger partial charge is 0.366 e. The number of benzene rings is 1. The van der Waals surface area contributed by atoms with Crippen LogP contribution in [0.3, 0.4) is 0 Å². The van der Waals surface area contributed by atoms with Crippen molar-refractivity contribution in [2.24, 2.45) is 0 Å². The van der Waals surface area contributed by atoms with E-state index in [4.69, 9.17) is 0 Å². The van der Waals surface area contributed by atoms with Crippen LogP contribution in [-0.2, 0) is 6.54 Å². The molecule has 5 heteroatoms. The van der Waals surface area contributed by atoms with Crippen LogP contribution in [0, 0.1) is 12.7 Å². The first-order chi connectivity index (χ1) is 9.19. The molecule has 0 aliphatic carbocycles. The Hall–Kier alpha value is -2.17. The van der Waals surface area contributed by atoms with Gasteiger partial charge < -0.3 is 10.6 Å². The van der Waals surface area contributed by atoms with E-state index in [1.165, 1.54) is 6.07 Å². The topological polar surface area (TPSA) is 49.8 Å². The molecular weight excluding hydrogens is 243 g/mol. The zero-order chi connectivity index (χ0) is 13.7. The predicted octanol–water partition coefficient (Wildman–Crippen LogP) is 2.97. The molecule has 1 aromatic heterocycles. The Balaban J connectivity index is 2.09. The van der Waals surface area contributed by atoms with Gasteiger partial charge in [-0.05, 0) is 19.9 Å². The molecule has 4 nitrogen and oxygen atoms in total. The van der Waals surface area contributed by atoms with E-state index in [2.05, 4.69) is 20.6 Å². The fourth-order valence-electron chi connectivity index (χ4n) is 1.72. The van der Waals surface area contributed by atoms with Crippen LogP contribution in [0.4, 0.5) is 16.2 Å². The molecule has 0 saturated carbocycles. The number of hydrogen-bond acceptors (Lipinski definition) is 4. The van der Waals surface area contributed by atoms with Crippen LogP contribution in [0.15, 0.2) is 30.3 Å². The van der Waals surface area contributed by atoms with Gasteiger partial charge in [-0.1, -0.05) is 18.2 Å². The van der Waals surface area contributed by atoms with Crippen molar-refractivity contribution in [2.45, 2.75) is 20.4 Å². The molecular formula is C14H17FN4. The highest BCUT2D eigenvalue weighted by atomic mass is 19.1. The third-order valence-electron chi connectivity index (χ3n) is 2.61. The molecule has 2 rings (SSSR count). The molecule has 100 valence electrons. The lowest BCUT2D eigenvalue weighted by Crippen LogP contribution is -2.08. The number of halogens is 1. The van der Waals surface area contributed by atoms with Crippen LogP contribution >= 0.6 is 0 Å². The van der Waals surface area contributed by atoms with Crippen molar-refractivity contribution in [3.8, 4) is 0 Å². The molecule has 0 aliphatic rings. The van der Waals surface area contributed by atoms with Crippen LogP contribution in [0.25, 0.3) is 0 Å². The lowest BCUT2D eigenvalue weighted by atomic mass is 10.2. The maximum absolute atomic E-state index is 13.5. The number of nitrogens with zero attached hydrogens (tertiary/aromatic N) is 2. The fourth-order valence-corrected chi connectivity index (χ4v) is 1.72. The molecule has 19 heavy (non-hydrogen) atoms. The van der Waals surface area contributed by atoms with Gasteiger partial charge >= 0.3 is 0 Å². The first kappa shape index (κ1) is 13.3. The van der Waals surface area contributed by atoms with Gasteiger partial charge in [0.15, 0.2) is 0 Å². The number of hydrogen-bond donors (Lipinski definition) is 2. The van der Waals surface area contributed by atoms with E-state index in [1.807, 2.05) is 26.0 Å². The minimum absolute atomic E-state index is 0.215. The van der Waals surface area contributed by atoms with E-state index in [0.717, 1.165) is 12.2 Å². The Morgan fingerprint density at radius 3 is 2.68 bits per heavy atom. The third kappa shape index (κ3) is 3.64. The fraction of sp³-hybridized carbons (Fsp3) is 0.286. The van der Waals surface area contributed by atoms with E-state index >= 15 is 0 Å². The molecule has 0 atom stereocenters. The Kier molecular flexibility index (Phi) is 4.28. The van der Waals surface area contributed by atoms with Gasteiger partial charge in [0.05, 0.1) is 0 Å². The molecule has 0 spiro atoms. The van der Waals surface area contributed by atoms with Gasteiger partial charge in [-0.15, -0.1) is 0 Å². The zero-order valence-corrected chi connectivity index (χ0v) is 11.1. The van der Waals surface area contributed by atoms with Crippen molar-refractivity contribution >= 4 is 11.8 Å². The van der Waals surface area contributed by atoms with E-state index < -0.39 is 0 Å². The van der Waals surface area contributed by atoms with E-state index in [9.17, 15) is 4.39 Å². The zero-order valence-electron chi connectivity index (χ0n) is 11.1. The van der Waals surface area contributed by atoms with Crippen molar-refractivity contribution in [3.05, 3.63) is 47.4 Å². The van der Waals surface area contributed by atoms with E-state index in [1.54, 1.807) is 12.1 Å². The number of rotatable bonds is 5. The van der Waals surface area contributed by atoms with Crippen molar-refractivity contribution in [2.75, 3.05) is 17.2 Å². The predicted molar refractivity (Wildman–Crippen MR) is 74.7 cm³/mol. The van der Waals surface area contributed by atoms with E-state index in [-0.39, 0.29) is 5.82 Å². The molecule has 1 aromatic carbocycles. The summed E-state index contributed by atoms with van der Waals surface area (Å²) in [5, 5.41) is 6.17. The summed E-state index contributed by atoms with van der Waals surface area (Å²) in [7, 11) is 0. The van der Waals surface area contributed by atoms with Gasteiger partial charge in [0.25, 0.3) is 0 Å². The minimum Gasteiger partial charge on any atom is -0.366 e. The maximum atomic E-state index is 13.5. The average Bonchev–Trinajstić information content (AvgIpc) is 2.37. The molecule has 0 bridgehead atoms. The second kappa shape index (κ2) is 6.13. The van der Waals surface area contributed by atoms with Crippen molar-refractivity contribution in [3.63, 3.8) is 0 Å². The lowest BCUT2D eigenvalue weighted by molar-refractivity contribution is 0.613. The summed E-state index contributed by atoms with van der Waals surface area (Å²) in [6.45, 7) is 5.04. The molecule has 2 N–H and O–H groups in total. The number of aromatic nitrogens is 2. The second-order valence-electron chi connectivity index (χ2n) is 4.19. The van der Waals surface area contributed by atoms with Crippen molar-refractivity contribution in [1.82, 2.24) is 9.97 Å². The highest BCUT2D eigenvalue weighted by Crippen LogP contribution is 2.12. The van der Waals surface area contributed by atoms with Crippen LogP contribution in [0.5, 0.6) is 0 Å². The molecule has 0 unspecified atom stereocenters. The Morgan fingerprint density at radius 2 is 1.95 bits per heavy atom. The Labute approximate surface area is 112 Å². The number of aryl methyl sites for hydroxylation is 1. The summed E-state index contributed by atoms with van der Waals surface area (Å²) >= 11 is 0. The van der Waals surface area contributed by atoms with E-state index in [0.29, 0.717) is 23.9 Å². The maximum Gasteiger partial charge on any atom is 0.224 e. The quantitative estimate of drug-likeness (QED) is 0.867. The van der Waals surface area contributed by atoms with Crippen molar-refractivity contribution < 1.29 is 4.39 Å². The molecule has 0 saturated heterocycles. The highest BCUT2D eigenvalue weighted by Gasteiger charge is 2.03. The lowest BCUT2D eigenvalue weighted by Gasteiger charge is -2.09. The van der Waals surface area contributed by atoms with Crippen molar-refractivity contribution in [1.29, 1.82) is 0 Å². The highest BCUT2D eigenvalue weighted by molar-refractivity contribution is 5.42. The standard InChI is InChI=1S/C14H17FN4/c1-3-16-14-18-10(2)8-13(19-14)17-9-11-6-4-5-7-12(11)15/h4-8H,3,9H2,1-2H3,(H2,16,17,18,19). The van der Waals surface area contributed by atoms with Gasteiger partial charge in [-0.2, -0.15) is 4.98 Å². The van der Waals surface area contributed by atoms with Crippen LogP contribution in [-0.4, -0.2) is 16.5 Å². The van der Waals surface area contributed by atoms with Gasteiger partial charge in [0, 0.05) is 30.4 Å². The third-order valence-corrected chi connectivity index (χ3v) is 2.61. The van der Waals surface area contributed by atoms with Crippen LogP contribution in [0.1, 0.15) is 18.2 Å². The molecule has 2 aromatic rings. The minimum atomic E-state index is -0.215. The molecule has 0 amide bonds. The summed E-state index contributed by atoms with van der Waals surface area (Å²) in [6.07, 6.45) is 0.